The number of aromatic nitrogens is 4. The monoisotopic (exact) mass is 612 g/mol. The Morgan fingerprint density at radius 2 is 1.93 bits per heavy atom. The molecule has 0 bridgehead atoms. The Labute approximate surface area is 251 Å². The molecule has 6 rings (SSSR count). The summed E-state index contributed by atoms with van der Waals surface area (Å²) in [7, 11) is 1.55. The van der Waals surface area contributed by atoms with Crippen molar-refractivity contribution in [3.63, 3.8) is 0 Å². The number of methoxy groups -OCH3 is 1. The second-order valence-corrected chi connectivity index (χ2v) is 13.0. The van der Waals surface area contributed by atoms with E-state index in [0.717, 1.165) is 30.3 Å². The second-order valence-electron chi connectivity index (χ2n) is 11.4. The molecule has 230 valence electrons. The molecule has 2 fully saturated rings. The molecule has 4 aromatic rings. The molecule has 13 nitrogen and oxygen atoms in total. The maximum absolute atomic E-state index is 13.6. The zero-order chi connectivity index (χ0) is 30.6. The Bertz CT molecular complexity index is 1680. The van der Waals surface area contributed by atoms with Gasteiger partial charge in [0.25, 0.3) is 5.91 Å². The molecule has 0 radical (unpaired) electrons. The summed E-state index contributed by atoms with van der Waals surface area (Å²) >= 11 is -1.09. The first-order chi connectivity index (χ1) is 20.4. The van der Waals surface area contributed by atoms with Crippen molar-refractivity contribution >= 4 is 39.1 Å². The quantitative estimate of drug-likeness (QED) is 0.151. The highest BCUT2D eigenvalue weighted by atomic mass is 32.2. The number of carbonyl (C=O) groups excluding carboxylic acids is 1. The van der Waals surface area contributed by atoms with Gasteiger partial charge in [-0.05, 0) is 56.4 Å². The maximum Gasteiger partial charge on any atom is 0.454 e. The molecule has 1 saturated heterocycles. The topological polar surface area (TPSA) is 184 Å². The predicted octanol–water partition coefficient (Wildman–Crippen LogP) is 1.38. The number of likely N-dealkylation sites (tertiary alicyclic amines) is 1. The summed E-state index contributed by atoms with van der Waals surface area (Å²) in [6.45, 7) is 3.54. The van der Waals surface area contributed by atoms with Crippen LogP contribution in [0.1, 0.15) is 36.5 Å². The van der Waals surface area contributed by atoms with Crippen LogP contribution < -0.4 is 15.2 Å². The van der Waals surface area contributed by atoms with Gasteiger partial charge in [-0.15, -0.1) is 0 Å². The lowest BCUT2D eigenvalue weighted by Gasteiger charge is -2.23. The summed E-state index contributed by atoms with van der Waals surface area (Å²) in [5, 5.41) is 28.8. The number of aryl methyl sites for hydroxylation is 1. The highest BCUT2D eigenvalue weighted by molar-refractivity contribution is 7.90. The number of benzene rings is 1. The van der Waals surface area contributed by atoms with Crippen LogP contribution in [0.2, 0.25) is 0 Å². The minimum absolute atomic E-state index is 0.0771. The molecule has 1 aromatic carbocycles. The molecule has 3 atom stereocenters. The normalized spacial score (nSPS) is 19.9. The van der Waals surface area contributed by atoms with E-state index in [0.29, 0.717) is 65.1 Å². The molecule has 5 N–H and O–H groups in total. The molecule has 2 aliphatic rings. The lowest BCUT2D eigenvalue weighted by Crippen LogP contribution is -2.40. The molecule has 1 aliphatic carbocycles. The van der Waals surface area contributed by atoms with Crippen molar-refractivity contribution in [3.8, 4) is 23.1 Å². The zero-order valence-corrected chi connectivity index (χ0v) is 25.1. The predicted molar refractivity (Wildman–Crippen MR) is 160 cm³/mol. The van der Waals surface area contributed by atoms with Gasteiger partial charge in [0.2, 0.25) is 5.88 Å². The first kappa shape index (κ1) is 29.7. The summed E-state index contributed by atoms with van der Waals surface area (Å²) < 4.78 is 26.8. The summed E-state index contributed by atoms with van der Waals surface area (Å²) in [6, 6.07) is 8.40. The fourth-order valence-electron chi connectivity index (χ4n) is 5.79. The van der Waals surface area contributed by atoms with Crippen LogP contribution in [0.3, 0.4) is 0 Å². The van der Waals surface area contributed by atoms with Crippen LogP contribution in [-0.4, -0.2) is 93.7 Å². The number of fused-ring (bicyclic) bond motifs is 2. The van der Waals surface area contributed by atoms with E-state index in [2.05, 4.69) is 4.98 Å². The summed E-state index contributed by atoms with van der Waals surface area (Å²) in [5.41, 5.74) is 9.13. The van der Waals surface area contributed by atoms with Crippen molar-refractivity contribution in [1.29, 1.82) is 0 Å². The van der Waals surface area contributed by atoms with Crippen LogP contribution in [0.15, 0.2) is 30.3 Å². The van der Waals surface area contributed by atoms with Crippen LogP contribution in [0, 0.1) is 5.92 Å². The summed E-state index contributed by atoms with van der Waals surface area (Å²) in [5.74, 6) is 1.55. The summed E-state index contributed by atoms with van der Waals surface area (Å²) in [4.78, 5) is 24.9. The zero-order valence-electron chi connectivity index (χ0n) is 24.3. The third-order valence-corrected chi connectivity index (χ3v) is 9.04. The number of imidazole rings is 1. The number of aliphatic hydroxyl groups is 3. The van der Waals surface area contributed by atoms with E-state index in [9.17, 15) is 24.7 Å². The molecule has 4 heterocycles. The van der Waals surface area contributed by atoms with Crippen LogP contribution in [0.5, 0.6) is 11.6 Å². The molecule has 1 aliphatic heterocycles. The first-order valence-corrected chi connectivity index (χ1v) is 16.0. The van der Waals surface area contributed by atoms with E-state index < -0.39 is 17.3 Å². The average Bonchev–Trinajstić information content (AvgIpc) is 3.47. The molecule has 1 unspecified atom stereocenters. The number of nitrogens with two attached hydrogens (primary N) is 1. The first-order valence-electron chi connectivity index (χ1n) is 14.2. The average molecular weight is 613 g/mol. The van der Waals surface area contributed by atoms with E-state index in [1.165, 1.54) is 6.07 Å². The smallest absolute Gasteiger partial charge is 0.454 e. The third kappa shape index (κ3) is 5.90. The van der Waals surface area contributed by atoms with E-state index in [1.807, 2.05) is 22.1 Å². The fourth-order valence-corrected chi connectivity index (χ4v) is 6.23. The lowest BCUT2D eigenvalue weighted by atomic mass is 10.1. The van der Waals surface area contributed by atoms with Gasteiger partial charge in [0.1, 0.15) is 22.7 Å². The maximum atomic E-state index is 13.6. The number of amides is 1. The van der Waals surface area contributed by atoms with Gasteiger partial charge in [-0.2, -0.15) is 4.98 Å². The van der Waals surface area contributed by atoms with Crippen LogP contribution in [-0.2, 0) is 24.3 Å². The largest absolute Gasteiger partial charge is 0.617 e. The van der Waals surface area contributed by atoms with Crippen LogP contribution in [0.25, 0.3) is 33.6 Å². The van der Waals surface area contributed by atoms with Gasteiger partial charge in [-0.3, -0.25) is 4.79 Å². The van der Waals surface area contributed by atoms with Crippen molar-refractivity contribution in [2.75, 3.05) is 25.7 Å². The number of rotatable bonds is 10. The highest BCUT2D eigenvalue weighted by Crippen LogP contribution is 2.39. The minimum atomic E-state index is -3.37. The number of hydrogen-bond acceptors (Lipinski definition) is 10. The van der Waals surface area contributed by atoms with Gasteiger partial charge in [0, 0.05) is 42.2 Å². The van der Waals surface area contributed by atoms with E-state index >= 15 is 0 Å². The highest BCUT2D eigenvalue weighted by Gasteiger charge is 2.33. The molecular formula is C29H36N6O7S. The Kier molecular flexibility index (Phi) is 7.77. The minimum Gasteiger partial charge on any atom is -0.617 e. The Hall–Kier alpha value is -3.40. The number of hydrogen-bond donors (Lipinski definition) is 4. The standard InChI is InChI=1S/C29H36N6O7S/c1-16-20(30)8-9-33(16)28(36)19-12-21-25(23(14-19)41-2)34(10-11-43(3)40)27(31-21)22-13-18-6-7-24(42-29(37,38)39)32-26(18)35(22)15-17-4-5-17/h6-7,12-14,16-17,20,37-39H,4-5,8-11,15,30H2,1-3H3/t16-,20-,43?/m1/s1. The van der Waals surface area contributed by atoms with Gasteiger partial charge >= 0.3 is 6.16 Å². The molecule has 43 heavy (non-hydrogen) atoms. The molecule has 3 aromatic heterocycles. The lowest BCUT2D eigenvalue weighted by molar-refractivity contribution is -0.420. The van der Waals surface area contributed by atoms with Gasteiger partial charge in [-0.1, -0.05) is 11.2 Å². The SMILES string of the molecule is COc1cc(C(=O)N2CC[C@@H](N)[C@H]2C)cc2nc(-c3cc4ccc(OC(O)(O)O)nc4n3CC3CC3)n(CC[S+](C)[O-])c12. The molecule has 1 amide bonds. The molecular weight excluding hydrogens is 576 g/mol. The van der Waals surface area contributed by atoms with E-state index in [1.54, 1.807) is 36.5 Å². The van der Waals surface area contributed by atoms with Crippen LogP contribution >= 0.6 is 0 Å². The van der Waals surface area contributed by atoms with Crippen molar-refractivity contribution in [2.45, 2.75) is 57.5 Å². The van der Waals surface area contributed by atoms with Crippen molar-refractivity contribution in [1.82, 2.24) is 24.0 Å². The molecule has 1 saturated carbocycles. The number of pyridine rings is 1. The van der Waals surface area contributed by atoms with E-state index in [-0.39, 0.29) is 23.9 Å². The van der Waals surface area contributed by atoms with E-state index in [4.69, 9.17) is 20.2 Å². The van der Waals surface area contributed by atoms with Crippen LogP contribution in [0.4, 0.5) is 0 Å². The third-order valence-electron chi connectivity index (χ3n) is 8.28. The van der Waals surface area contributed by atoms with Gasteiger partial charge in [0.05, 0.1) is 31.1 Å². The Morgan fingerprint density at radius 3 is 2.56 bits per heavy atom. The second kappa shape index (κ2) is 11.3. The van der Waals surface area contributed by atoms with Crippen molar-refractivity contribution in [3.05, 3.63) is 35.9 Å². The molecule has 0 spiro atoms. The Morgan fingerprint density at radius 1 is 1.16 bits per heavy atom. The van der Waals surface area contributed by atoms with Gasteiger partial charge < -0.3 is 49.1 Å². The van der Waals surface area contributed by atoms with Gasteiger partial charge in [0.15, 0.2) is 5.82 Å². The van der Waals surface area contributed by atoms with Crippen molar-refractivity contribution < 1.29 is 34.1 Å². The van der Waals surface area contributed by atoms with Gasteiger partial charge in [-0.25, -0.2) is 4.98 Å². The number of nitrogens with zero attached hydrogens (tertiary/aromatic N) is 5. The fraction of sp³-hybridized carbons (Fsp3) is 0.483. The van der Waals surface area contributed by atoms with Crippen molar-refractivity contribution in [2.24, 2.45) is 11.7 Å². The summed E-state index contributed by atoms with van der Waals surface area (Å²) in [6.07, 6.45) is 1.14. The molecule has 14 heteroatoms. The number of carbonyl (C=O) groups is 1. The number of ether oxygens (including phenoxy) is 2. The Balaban J connectivity index is 1.52.